The molecule has 3 aromatic carbocycles. The van der Waals surface area contributed by atoms with Gasteiger partial charge in [0, 0.05) is 17.8 Å². The minimum absolute atomic E-state index is 0.197. The Morgan fingerprint density at radius 1 is 0.938 bits per heavy atom. The first-order valence-electron chi connectivity index (χ1n) is 9.69. The van der Waals surface area contributed by atoms with E-state index < -0.39 is 15.8 Å². The van der Waals surface area contributed by atoms with Gasteiger partial charge in [-0.1, -0.05) is 36.4 Å². The highest BCUT2D eigenvalue weighted by molar-refractivity contribution is 7.92. The summed E-state index contributed by atoms with van der Waals surface area (Å²) in [6.45, 7) is 0.324. The van der Waals surface area contributed by atoms with E-state index in [-0.39, 0.29) is 16.5 Å². The first-order valence-corrected chi connectivity index (χ1v) is 12.1. The van der Waals surface area contributed by atoms with Crippen LogP contribution >= 0.6 is 11.3 Å². The monoisotopic (exact) mass is 466 g/mol. The van der Waals surface area contributed by atoms with Gasteiger partial charge in [0.1, 0.15) is 5.82 Å². The molecule has 0 atom stereocenters. The van der Waals surface area contributed by atoms with Gasteiger partial charge in [-0.15, -0.1) is 0 Å². The number of hydrogen-bond donors (Lipinski definition) is 2. The molecule has 4 rings (SSSR count). The van der Waals surface area contributed by atoms with Gasteiger partial charge in [0.15, 0.2) is 0 Å². The minimum atomic E-state index is -3.99. The zero-order chi connectivity index (χ0) is 22.6. The second-order valence-electron chi connectivity index (χ2n) is 7.00. The summed E-state index contributed by atoms with van der Waals surface area (Å²) < 4.78 is 40.8. The third-order valence-corrected chi connectivity index (χ3v) is 6.83. The van der Waals surface area contributed by atoms with Gasteiger partial charge < -0.3 is 5.32 Å². The largest absolute Gasteiger partial charge is 0.348 e. The van der Waals surface area contributed by atoms with E-state index in [1.807, 2.05) is 35.7 Å². The molecule has 0 spiro atoms. The van der Waals surface area contributed by atoms with Crippen LogP contribution < -0.4 is 10.0 Å². The number of carbonyl (C=O) groups excluding carboxylic acids is 1. The standard InChI is InChI=1S/C24H19FN2O3S2/c25-20-7-4-9-22(14-20)32(29,30)27-21-8-3-6-17(13-21)24(28)26-15-18-5-1-2-10-23(18)19-11-12-31-16-19/h1-14,16,27H,15H2,(H,26,28). The fraction of sp³-hybridized carbons (Fsp3) is 0.0417. The molecule has 1 heterocycles. The van der Waals surface area contributed by atoms with Gasteiger partial charge in [0.25, 0.3) is 15.9 Å². The van der Waals surface area contributed by atoms with Crippen LogP contribution in [-0.4, -0.2) is 14.3 Å². The predicted molar refractivity (Wildman–Crippen MR) is 125 cm³/mol. The van der Waals surface area contributed by atoms with Crippen LogP contribution in [0.2, 0.25) is 0 Å². The lowest BCUT2D eigenvalue weighted by molar-refractivity contribution is 0.0951. The number of halogens is 1. The summed E-state index contributed by atoms with van der Waals surface area (Å²) in [6.07, 6.45) is 0. The fourth-order valence-corrected chi connectivity index (χ4v) is 4.96. The molecule has 1 aromatic heterocycles. The topological polar surface area (TPSA) is 75.3 Å². The molecule has 8 heteroatoms. The molecule has 2 N–H and O–H groups in total. The van der Waals surface area contributed by atoms with E-state index >= 15 is 0 Å². The fourth-order valence-electron chi connectivity index (χ4n) is 3.22. The number of amides is 1. The van der Waals surface area contributed by atoms with Gasteiger partial charge in [-0.3, -0.25) is 9.52 Å². The third-order valence-electron chi connectivity index (χ3n) is 4.77. The maximum Gasteiger partial charge on any atom is 0.261 e. The number of rotatable bonds is 7. The van der Waals surface area contributed by atoms with Crippen LogP contribution in [0.4, 0.5) is 10.1 Å². The van der Waals surface area contributed by atoms with E-state index in [1.54, 1.807) is 23.5 Å². The van der Waals surface area contributed by atoms with Gasteiger partial charge in [-0.2, -0.15) is 11.3 Å². The Morgan fingerprint density at radius 3 is 2.53 bits per heavy atom. The lowest BCUT2D eigenvalue weighted by atomic mass is 10.0. The molecule has 0 aliphatic rings. The number of nitrogens with one attached hydrogen (secondary N) is 2. The van der Waals surface area contributed by atoms with Gasteiger partial charge in [0.2, 0.25) is 0 Å². The molecule has 0 radical (unpaired) electrons. The SMILES string of the molecule is O=C(NCc1ccccc1-c1ccsc1)c1cccc(NS(=O)(=O)c2cccc(F)c2)c1. The number of thiophene rings is 1. The highest BCUT2D eigenvalue weighted by atomic mass is 32.2. The second-order valence-corrected chi connectivity index (χ2v) is 9.46. The summed E-state index contributed by atoms with van der Waals surface area (Å²) in [7, 11) is -3.99. The number of benzene rings is 3. The molecule has 162 valence electrons. The average Bonchev–Trinajstić information content (AvgIpc) is 3.32. The molecule has 0 bridgehead atoms. The van der Waals surface area contributed by atoms with E-state index in [9.17, 15) is 17.6 Å². The average molecular weight is 467 g/mol. The van der Waals surface area contributed by atoms with E-state index in [0.29, 0.717) is 12.1 Å². The number of hydrogen-bond acceptors (Lipinski definition) is 4. The van der Waals surface area contributed by atoms with Crippen molar-refractivity contribution in [1.82, 2.24) is 5.32 Å². The molecule has 0 saturated heterocycles. The molecular formula is C24H19FN2O3S2. The summed E-state index contributed by atoms with van der Waals surface area (Å²) in [5.41, 5.74) is 3.62. The van der Waals surface area contributed by atoms with Crippen molar-refractivity contribution in [3.8, 4) is 11.1 Å². The molecule has 0 saturated carbocycles. The van der Waals surface area contributed by atoms with Crippen LogP contribution in [0.1, 0.15) is 15.9 Å². The molecule has 1 amide bonds. The molecular weight excluding hydrogens is 447 g/mol. The number of sulfonamides is 1. The van der Waals surface area contributed by atoms with Gasteiger partial charge in [-0.25, -0.2) is 12.8 Å². The zero-order valence-electron chi connectivity index (χ0n) is 16.8. The molecule has 0 fully saturated rings. The number of carbonyl (C=O) groups is 1. The highest BCUT2D eigenvalue weighted by Crippen LogP contribution is 2.26. The smallest absolute Gasteiger partial charge is 0.261 e. The summed E-state index contributed by atoms with van der Waals surface area (Å²) in [4.78, 5) is 12.5. The highest BCUT2D eigenvalue weighted by Gasteiger charge is 2.16. The Bertz CT molecular complexity index is 1350. The summed E-state index contributed by atoms with van der Waals surface area (Å²) in [5, 5.41) is 6.94. The van der Waals surface area contributed by atoms with Crippen LogP contribution in [0, 0.1) is 5.82 Å². The van der Waals surface area contributed by atoms with Crippen molar-refractivity contribution in [2.45, 2.75) is 11.4 Å². The predicted octanol–water partition coefficient (Wildman–Crippen LogP) is 5.29. The van der Waals surface area contributed by atoms with Crippen molar-refractivity contribution in [3.63, 3.8) is 0 Å². The Balaban J connectivity index is 1.48. The van der Waals surface area contributed by atoms with Crippen molar-refractivity contribution in [2.24, 2.45) is 0 Å². The van der Waals surface area contributed by atoms with E-state index in [1.165, 1.54) is 30.3 Å². The van der Waals surface area contributed by atoms with Crippen LogP contribution in [0.15, 0.2) is 94.5 Å². The number of anilines is 1. The van der Waals surface area contributed by atoms with Crippen LogP contribution in [0.25, 0.3) is 11.1 Å². The van der Waals surface area contributed by atoms with Crippen molar-refractivity contribution in [2.75, 3.05) is 4.72 Å². The zero-order valence-corrected chi connectivity index (χ0v) is 18.4. The Labute approximate surface area is 189 Å². The Morgan fingerprint density at radius 2 is 1.75 bits per heavy atom. The quantitative estimate of drug-likeness (QED) is 0.389. The summed E-state index contributed by atoms with van der Waals surface area (Å²) >= 11 is 1.61. The summed E-state index contributed by atoms with van der Waals surface area (Å²) in [5.74, 6) is -0.985. The molecule has 32 heavy (non-hydrogen) atoms. The first kappa shape index (κ1) is 21.7. The van der Waals surface area contributed by atoms with Gasteiger partial charge in [-0.05, 0) is 69.9 Å². The molecule has 0 aliphatic carbocycles. The molecule has 4 aromatic rings. The lowest BCUT2D eigenvalue weighted by Crippen LogP contribution is -2.23. The molecule has 5 nitrogen and oxygen atoms in total. The maximum atomic E-state index is 13.4. The first-order chi connectivity index (χ1) is 15.4. The van der Waals surface area contributed by atoms with E-state index in [4.69, 9.17) is 0 Å². The normalized spacial score (nSPS) is 11.2. The molecule has 0 aliphatic heterocycles. The van der Waals surface area contributed by atoms with Crippen molar-refractivity contribution < 1.29 is 17.6 Å². The van der Waals surface area contributed by atoms with Crippen LogP contribution in [0.5, 0.6) is 0 Å². The van der Waals surface area contributed by atoms with Crippen LogP contribution in [0.3, 0.4) is 0 Å². The van der Waals surface area contributed by atoms with E-state index in [2.05, 4.69) is 15.4 Å². The lowest BCUT2D eigenvalue weighted by Gasteiger charge is -2.12. The second kappa shape index (κ2) is 9.33. The Hall–Kier alpha value is -3.49. The minimum Gasteiger partial charge on any atom is -0.348 e. The van der Waals surface area contributed by atoms with Gasteiger partial charge in [0.05, 0.1) is 4.90 Å². The van der Waals surface area contributed by atoms with Crippen molar-refractivity contribution in [3.05, 3.63) is 107 Å². The molecule has 0 unspecified atom stereocenters. The maximum absolute atomic E-state index is 13.4. The third kappa shape index (κ3) is 5.04. The van der Waals surface area contributed by atoms with Gasteiger partial charge >= 0.3 is 0 Å². The summed E-state index contributed by atoms with van der Waals surface area (Å²) in [6, 6.07) is 20.7. The Kier molecular flexibility index (Phi) is 6.34. The van der Waals surface area contributed by atoms with E-state index in [0.717, 1.165) is 22.8 Å². The van der Waals surface area contributed by atoms with Crippen molar-refractivity contribution in [1.29, 1.82) is 0 Å². The van der Waals surface area contributed by atoms with Crippen LogP contribution in [-0.2, 0) is 16.6 Å². The van der Waals surface area contributed by atoms with Crippen molar-refractivity contribution >= 4 is 33.0 Å².